The van der Waals surface area contributed by atoms with E-state index in [2.05, 4.69) is 46.5 Å². The Bertz CT molecular complexity index is 509. The first-order valence-electron chi connectivity index (χ1n) is 8.84. The van der Waals surface area contributed by atoms with Crippen LogP contribution < -0.4 is 10.6 Å². The van der Waals surface area contributed by atoms with Gasteiger partial charge in [-0.25, -0.2) is 4.99 Å². The van der Waals surface area contributed by atoms with Gasteiger partial charge in [-0.05, 0) is 44.4 Å². The molecule has 1 fully saturated rings. The fraction of sp³-hybridized carbons (Fsp3) is 0.824. The van der Waals surface area contributed by atoms with E-state index >= 15 is 0 Å². The van der Waals surface area contributed by atoms with Gasteiger partial charge in [-0.1, -0.05) is 31.8 Å². The molecule has 2 N–H and O–H groups in total. The number of aromatic nitrogens is 2. The van der Waals surface area contributed by atoms with E-state index < -0.39 is 0 Å². The minimum absolute atomic E-state index is 0. The Labute approximate surface area is 162 Å². The summed E-state index contributed by atoms with van der Waals surface area (Å²) in [7, 11) is 0. The van der Waals surface area contributed by atoms with Gasteiger partial charge in [0.05, 0.1) is 0 Å². The number of hydrogen-bond acceptors (Lipinski definition) is 4. The monoisotopic (exact) mass is 449 g/mol. The highest BCUT2D eigenvalue weighted by molar-refractivity contribution is 14.0. The van der Waals surface area contributed by atoms with Gasteiger partial charge in [0.25, 0.3) is 0 Å². The molecule has 6 nitrogen and oxygen atoms in total. The van der Waals surface area contributed by atoms with E-state index in [-0.39, 0.29) is 24.0 Å². The van der Waals surface area contributed by atoms with Crippen LogP contribution >= 0.6 is 24.0 Å². The molecule has 0 saturated heterocycles. The molecule has 1 saturated carbocycles. The molecule has 0 radical (unpaired) electrons. The van der Waals surface area contributed by atoms with Crippen molar-refractivity contribution in [3.63, 3.8) is 0 Å². The summed E-state index contributed by atoms with van der Waals surface area (Å²) in [5.74, 6) is 2.77. The second-order valence-electron chi connectivity index (χ2n) is 7.09. The van der Waals surface area contributed by atoms with Gasteiger partial charge >= 0.3 is 0 Å². The predicted molar refractivity (Wildman–Crippen MR) is 108 cm³/mol. The number of nitrogens with one attached hydrogen (secondary N) is 2. The highest BCUT2D eigenvalue weighted by atomic mass is 127. The molecule has 0 bridgehead atoms. The summed E-state index contributed by atoms with van der Waals surface area (Å²) in [5.41, 5.74) is 0.422. The van der Waals surface area contributed by atoms with Crippen LogP contribution in [0.4, 0.5) is 0 Å². The molecule has 1 aromatic heterocycles. The molecule has 7 heteroatoms. The Hall–Kier alpha value is -0.860. The van der Waals surface area contributed by atoms with E-state index in [4.69, 9.17) is 4.52 Å². The van der Waals surface area contributed by atoms with Gasteiger partial charge in [0.2, 0.25) is 5.89 Å². The molecule has 0 aliphatic heterocycles. The number of aliphatic imine (C=N–C) groups is 1. The molecule has 1 aliphatic carbocycles. The molecule has 1 heterocycles. The average molecular weight is 449 g/mol. The third kappa shape index (κ3) is 6.57. The summed E-state index contributed by atoms with van der Waals surface area (Å²) in [6.45, 7) is 10.8. The molecular weight excluding hydrogens is 417 g/mol. The van der Waals surface area contributed by atoms with E-state index in [1.165, 1.54) is 32.1 Å². The zero-order valence-electron chi connectivity index (χ0n) is 15.4. The highest BCUT2D eigenvalue weighted by Gasteiger charge is 2.34. The van der Waals surface area contributed by atoms with E-state index in [1.807, 2.05) is 6.92 Å². The lowest BCUT2D eigenvalue weighted by molar-refractivity contribution is 0.234. The first-order chi connectivity index (χ1) is 11.0. The highest BCUT2D eigenvalue weighted by Crippen LogP contribution is 2.42. The minimum atomic E-state index is 0. The fourth-order valence-electron chi connectivity index (χ4n) is 3.61. The van der Waals surface area contributed by atoms with Crippen LogP contribution in [0.3, 0.4) is 0 Å². The molecule has 0 spiro atoms. The Morgan fingerprint density at radius 1 is 1.29 bits per heavy atom. The quantitative estimate of drug-likeness (QED) is 0.378. The predicted octanol–water partition coefficient (Wildman–Crippen LogP) is 3.66. The fourth-order valence-corrected chi connectivity index (χ4v) is 3.61. The van der Waals surface area contributed by atoms with Gasteiger partial charge in [-0.3, -0.25) is 0 Å². The average Bonchev–Trinajstić information content (AvgIpc) is 3.11. The third-order valence-corrected chi connectivity index (χ3v) is 4.42. The summed E-state index contributed by atoms with van der Waals surface area (Å²) < 4.78 is 5.12. The van der Waals surface area contributed by atoms with Gasteiger partial charge in [0.1, 0.15) is 6.54 Å². The summed E-state index contributed by atoms with van der Waals surface area (Å²) in [6.07, 6.45) is 6.62. The van der Waals surface area contributed by atoms with Gasteiger partial charge < -0.3 is 15.2 Å². The first-order valence-corrected chi connectivity index (χ1v) is 8.84. The zero-order chi connectivity index (χ0) is 16.7. The maximum atomic E-state index is 5.12. The zero-order valence-corrected chi connectivity index (χ0v) is 17.7. The molecular formula is C17H32IN5O. The van der Waals surface area contributed by atoms with Crippen LogP contribution in [0.15, 0.2) is 9.52 Å². The number of rotatable bonds is 7. The van der Waals surface area contributed by atoms with Gasteiger partial charge in [-0.2, -0.15) is 4.98 Å². The minimum Gasteiger partial charge on any atom is -0.357 e. The van der Waals surface area contributed by atoms with Gasteiger partial charge in [0, 0.05) is 13.1 Å². The summed E-state index contributed by atoms with van der Waals surface area (Å²) in [4.78, 5) is 8.76. The maximum Gasteiger partial charge on any atom is 0.248 e. The standard InChI is InChI=1S/C17H31N5O.HI/c1-5-18-16(19-11-15-21-14(4)22-23-15)20-12-17(10-13(2)3)8-6-7-9-17;/h13H,5-12H2,1-4H3,(H2,18,19,20);1H. The van der Waals surface area contributed by atoms with E-state index in [0.717, 1.165) is 25.0 Å². The van der Waals surface area contributed by atoms with Crippen LogP contribution in [0, 0.1) is 18.3 Å². The Balaban J connectivity index is 0.00000288. The molecule has 0 aromatic carbocycles. The topological polar surface area (TPSA) is 75.3 Å². The molecule has 1 aromatic rings. The lowest BCUT2D eigenvalue weighted by Gasteiger charge is -2.31. The number of aryl methyl sites for hydroxylation is 1. The van der Waals surface area contributed by atoms with Crippen LogP contribution in [-0.4, -0.2) is 29.2 Å². The first kappa shape index (κ1) is 21.2. The third-order valence-electron chi connectivity index (χ3n) is 4.42. The van der Waals surface area contributed by atoms with Crippen molar-refractivity contribution in [3.8, 4) is 0 Å². The van der Waals surface area contributed by atoms with Crippen molar-refractivity contribution in [1.29, 1.82) is 0 Å². The van der Waals surface area contributed by atoms with Crippen molar-refractivity contribution in [2.45, 2.75) is 66.3 Å². The second kappa shape index (κ2) is 10.2. The number of nitrogens with zero attached hydrogens (tertiary/aromatic N) is 3. The Morgan fingerprint density at radius 3 is 2.54 bits per heavy atom. The van der Waals surface area contributed by atoms with E-state index in [0.29, 0.717) is 23.7 Å². The molecule has 0 unspecified atom stereocenters. The van der Waals surface area contributed by atoms with Crippen molar-refractivity contribution in [3.05, 3.63) is 11.7 Å². The Morgan fingerprint density at radius 2 is 2.00 bits per heavy atom. The molecule has 138 valence electrons. The lowest BCUT2D eigenvalue weighted by Crippen LogP contribution is -2.43. The molecule has 0 atom stereocenters. The smallest absolute Gasteiger partial charge is 0.248 e. The van der Waals surface area contributed by atoms with Crippen LogP contribution in [0.25, 0.3) is 0 Å². The lowest BCUT2D eigenvalue weighted by atomic mass is 9.78. The van der Waals surface area contributed by atoms with Crippen molar-refractivity contribution in [2.75, 3.05) is 13.1 Å². The van der Waals surface area contributed by atoms with Gasteiger partial charge in [-0.15, -0.1) is 24.0 Å². The Kier molecular flexibility index (Phi) is 9.01. The largest absolute Gasteiger partial charge is 0.357 e. The summed E-state index contributed by atoms with van der Waals surface area (Å²) in [5, 5.41) is 10.6. The summed E-state index contributed by atoms with van der Waals surface area (Å²) >= 11 is 0. The van der Waals surface area contributed by atoms with Crippen molar-refractivity contribution >= 4 is 29.9 Å². The van der Waals surface area contributed by atoms with E-state index in [9.17, 15) is 0 Å². The molecule has 2 rings (SSSR count). The van der Waals surface area contributed by atoms with Gasteiger partial charge in [0.15, 0.2) is 11.8 Å². The second-order valence-corrected chi connectivity index (χ2v) is 7.09. The number of hydrogen-bond donors (Lipinski definition) is 2. The SMILES string of the molecule is CCNC(=NCc1nc(C)no1)NCC1(CC(C)C)CCCC1.I. The summed E-state index contributed by atoms with van der Waals surface area (Å²) in [6, 6.07) is 0. The number of guanidine groups is 1. The van der Waals surface area contributed by atoms with E-state index in [1.54, 1.807) is 0 Å². The van der Waals surface area contributed by atoms with Crippen molar-refractivity contribution < 1.29 is 4.52 Å². The van der Waals surface area contributed by atoms with Crippen LogP contribution in [0.1, 0.15) is 64.6 Å². The maximum absolute atomic E-state index is 5.12. The normalized spacial score (nSPS) is 17.0. The molecule has 24 heavy (non-hydrogen) atoms. The molecule has 0 amide bonds. The number of halogens is 1. The van der Waals surface area contributed by atoms with Crippen LogP contribution in [-0.2, 0) is 6.54 Å². The molecule has 1 aliphatic rings. The van der Waals surface area contributed by atoms with Crippen LogP contribution in [0.5, 0.6) is 0 Å². The van der Waals surface area contributed by atoms with Crippen LogP contribution in [0.2, 0.25) is 0 Å². The van der Waals surface area contributed by atoms with Crippen molar-refractivity contribution in [1.82, 2.24) is 20.8 Å². The van der Waals surface area contributed by atoms with Crippen molar-refractivity contribution in [2.24, 2.45) is 16.3 Å².